The number of carbonyl (C=O) groups is 1. The highest BCUT2D eigenvalue weighted by Crippen LogP contribution is 2.13. The van der Waals surface area contributed by atoms with E-state index in [1.807, 2.05) is 36.4 Å². The summed E-state index contributed by atoms with van der Waals surface area (Å²) < 4.78 is 5.22. The van der Waals surface area contributed by atoms with Crippen molar-refractivity contribution in [3.8, 4) is 5.75 Å². The zero-order chi connectivity index (χ0) is 19.8. The number of hydrogen-bond donors (Lipinski definition) is 2. The molecular weight excluding hydrogens is 376 g/mol. The molecule has 0 aliphatic carbocycles. The first-order chi connectivity index (χ1) is 13.6. The van der Waals surface area contributed by atoms with E-state index in [9.17, 15) is 4.79 Å². The molecule has 3 rings (SSSR count). The molecule has 2 N–H and O–H groups in total. The van der Waals surface area contributed by atoms with E-state index in [1.54, 1.807) is 25.4 Å². The summed E-state index contributed by atoms with van der Waals surface area (Å²) in [4.78, 5) is 20.6. The average Bonchev–Trinajstić information content (AvgIpc) is 2.74. The van der Waals surface area contributed by atoms with Gasteiger partial charge < -0.3 is 15.4 Å². The number of aromatic nitrogens is 2. The Balaban J connectivity index is 1.47. The Bertz CT molecular complexity index is 914. The minimum absolute atomic E-state index is 0.271. The van der Waals surface area contributed by atoms with Crippen molar-refractivity contribution in [1.29, 1.82) is 0 Å². The van der Waals surface area contributed by atoms with Crippen LogP contribution in [0.2, 0.25) is 5.02 Å². The third-order valence-electron chi connectivity index (χ3n) is 4.10. The molecule has 0 saturated carbocycles. The van der Waals surface area contributed by atoms with E-state index in [1.165, 1.54) is 6.20 Å². The predicted molar refractivity (Wildman–Crippen MR) is 110 cm³/mol. The number of rotatable bonds is 8. The zero-order valence-corrected chi connectivity index (χ0v) is 16.2. The van der Waals surface area contributed by atoms with Crippen molar-refractivity contribution in [1.82, 2.24) is 15.3 Å². The molecule has 0 bridgehead atoms. The van der Waals surface area contributed by atoms with Gasteiger partial charge in [0, 0.05) is 18.1 Å². The van der Waals surface area contributed by atoms with Gasteiger partial charge in [-0.15, -0.1) is 0 Å². The number of nitrogens with zero attached hydrogens (tertiary/aromatic N) is 2. The van der Waals surface area contributed by atoms with Crippen molar-refractivity contribution in [3.05, 3.63) is 82.8 Å². The summed E-state index contributed by atoms with van der Waals surface area (Å²) in [6.45, 7) is 1.10. The third-order valence-corrected chi connectivity index (χ3v) is 4.36. The largest absolute Gasteiger partial charge is 0.497 e. The van der Waals surface area contributed by atoms with Gasteiger partial charge in [-0.2, -0.15) is 0 Å². The Morgan fingerprint density at radius 2 is 1.89 bits per heavy atom. The summed E-state index contributed by atoms with van der Waals surface area (Å²) in [5, 5.41) is 6.68. The lowest BCUT2D eigenvalue weighted by molar-refractivity contribution is 0.0945. The molecule has 28 heavy (non-hydrogen) atoms. The van der Waals surface area contributed by atoms with Gasteiger partial charge in [-0.3, -0.25) is 4.79 Å². The minimum Gasteiger partial charge on any atom is -0.497 e. The van der Waals surface area contributed by atoms with E-state index in [4.69, 9.17) is 16.3 Å². The van der Waals surface area contributed by atoms with Crippen LogP contribution >= 0.6 is 11.6 Å². The molecule has 0 spiro atoms. The normalized spacial score (nSPS) is 10.4. The Hall–Kier alpha value is -3.12. The lowest BCUT2D eigenvalue weighted by Crippen LogP contribution is -2.24. The molecule has 6 nitrogen and oxygen atoms in total. The molecule has 0 aliphatic heterocycles. The van der Waals surface area contributed by atoms with Crippen LogP contribution in [0.1, 0.15) is 21.6 Å². The Morgan fingerprint density at radius 3 is 2.61 bits per heavy atom. The topological polar surface area (TPSA) is 76.1 Å². The second-order valence-electron chi connectivity index (χ2n) is 6.12. The second-order valence-corrected chi connectivity index (χ2v) is 6.56. The molecule has 2 aromatic carbocycles. The van der Waals surface area contributed by atoms with Crippen LogP contribution in [-0.4, -0.2) is 29.5 Å². The van der Waals surface area contributed by atoms with Crippen molar-refractivity contribution < 1.29 is 9.53 Å². The molecule has 0 aliphatic rings. The van der Waals surface area contributed by atoms with Crippen molar-refractivity contribution >= 4 is 23.3 Å². The third kappa shape index (κ3) is 5.69. The smallest absolute Gasteiger partial charge is 0.271 e. The molecule has 0 atom stereocenters. The molecule has 1 amide bonds. The van der Waals surface area contributed by atoms with Gasteiger partial charge in [-0.25, -0.2) is 9.97 Å². The number of ether oxygens (including phenoxy) is 1. The number of methoxy groups -OCH3 is 1. The number of carbonyl (C=O) groups excluding carboxylic acids is 1. The molecule has 0 fully saturated rings. The van der Waals surface area contributed by atoms with Crippen molar-refractivity contribution in [2.24, 2.45) is 0 Å². The molecule has 7 heteroatoms. The number of hydrogen-bond acceptors (Lipinski definition) is 5. The number of halogens is 1. The summed E-state index contributed by atoms with van der Waals surface area (Å²) in [6.07, 6.45) is 3.84. The number of benzene rings is 2. The van der Waals surface area contributed by atoms with E-state index < -0.39 is 0 Å². The van der Waals surface area contributed by atoms with E-state index in [2.05, 4.69) is 20.6 Å². The molecule has 0 radical (unpaired) electrons. The van der Waals surface area contributed by atoms with E-state index in [0.29, 0.717) is 23.9 Å². The summed E-state index contributed by atoms with van der Waals surface area (Å²) in [6, 6.07) is 15.2. The maximum atomic E-state index is 12.2. The van der Waals surface area contributed by atoms with E-state index >= 15 is 0 Å². The Labute approximate surface area is 168 Å². The Morgan fingerprint density at radius 1 is 1.07 bits per heavy atom. The molecule has 3 aromatic rings. The van der Waals surface area contributed by atoms with Gasteiger partial charge >= 0.3 is 0 Å². The van der Waals surface area contributed by atoms with Gasteiger partial charge in [-0.1, -0.05) is 35.9 Å². The van der Waals surface area contributed by atoms with Gasteiger partial charge in [0.15, 0.2) is 0 Å². The fraction of sp³-hybridized carbons (Fsp3) is 0.190. The van der Waals surface area contributed by atoms with Crippen LogP contribution in [0.15, 0.2) is 60.9 Å². The SMILES string of the molecule is COc1cccc(CCNc2cnc(C(=O)NCc3ccc(Cl)cc3)cn2)c1. The summed E-state index contributed by atoms with van der Waals surface area (Å²) in [5.74, 6) is 1.19. The number of amides is 1. The first-order valence-corrected chi connectivity index (χ1v) is 9.23. The molecular formula is C21H21ClN4O2. The lowest BCUT2D eigenvalue weighted by atomic mass is 10.1. The first-order valence-electron chi connectivity index (χ1n) is 8.85. The molecule has 144 valence electrons. The first kappa shape index (κ1) is 19.6. The van der Waals surface area contributed by atoms with Gasteiger partial charge in [0.25, 0.3) is 5.91 Å². The minimum atomic E-state index is -0.273. The fourth-order valence-corrected chi connectivity index (χ4v) is 2.70. The zero-order valence-electron chi connectivity index (χ0n) is 15.5. The summed E-state index contributed by atoms with van der Waals surface area (Å²) in [5.41, 5.74) is 2.40. The molecule has 0 unspecified atom stereocenters. The monoisotopic (exact) mass is 396 g/mol. The van der Waals surface area contributed by atoms with E-state index in [-0.39, 0.29) is 11.6 Å². The van der Waals surface area contributed by atoms with Crippen LogP contribution in [-0.2, 0) is 13.0 Å². The van der Waals surface area contributed by atoms with Gasteiger partial charge in [0.05, 0.1) is 19.5 Å². The highest BCUT2D eigenvalue weighted by atomic mass is 35.5. The van der Waals surface area contributed by atoms with Gasteiger partial charge in [0.2, 0.25) is 0 Å². The maximum absolute atomic E-state index is 12.2. The standard InChI is InChI=1S/C21H21ClN4O2/c1-28-18-4-2-3-15(11-18)9-10-23-20-14-24-19(13-25-20)21(27)26-12-16-5-7-17(22)8-6-16/h2-8,11,13-14H,9-10,12H2,1H3,(H,23,25)(H,26,27). The summed E-state index contributed by atoms with van der Waals surface area (Å²) >= 11 is 5.85. The fourth-order valence-electron chi connectivity index (χ4n) is 2.57. The quantitative estimate of drug-likeness (QED) is 0.606. The van der Waals surface area contributed by atoms with Crippen molar-refractivity contribution in [2.45, 2.75) is 13.0 Å². The number of nitrogens with one attached hydrogen (secondary N) is 2. The van der Waals surface area contributed by atoms with E-state index in [0.717, 1.165) is 23.3 Å². The molecule has 1 heterocycles. The van der Waals surface area contributed by atoms with Crippen LogP contribution < -0.4 is 15.4 Å². The molecule has 0 saturated heterocycles. The van der Waals surface area contributed by atoms with Crippen molar-refractivity contribution in [2.75, 3.05) is 19.0 Å². The highest BCUT2D eigenvalue weighted by molar-refractivity contribution is 6.30. The summed E-state index contributed by atoms with van der Waals surface area (Å²) in [7, 11) is 1.65. The van der Waals surface area contributed by atoms with Crippen LogP contribution in [0.3, 0.4) is 0 Å². The van der Waals surface area contributed by atoms with Crippen LogP contribution in [0.5, 0.6) is 5.75 Å². The van der Waals surface area contributed by atoms with Gasteiger partial charge in [0.1, 0.15) is 17.3 Å². The highest BCUT2D eigenvalue weighted by Gasteiger charge is 2.08. The van der Waals surface area contributed by atoms with Crippen LogP contribution in [0.4, 0.5) is 5.82 Å². The van der Waals surface area contributed by atoms with Gasteiger partial charge in [-0.05, 0) is 41.8 Å². The molecule has 1 aromatic heterocycles. The Kier molecular flexibility index (Phi) is 6.81. The predicted octanol–water partition coefficient (Wildman–Crippen LogP) is 3.72. The second kappa shape index (κ2) is 9.71. The number of anilines is 1. The van der Waals surface area contributed by atoms with Crippen molar-refractivity contribution in [3.63, 3.8) is 0 Å². The lowest BCUT2D eigenvalue weighted by Gasteiger charge is -2.08. The van der Waals surface area contributed by atoms with Crippen LogP contribution in [0.25, 0.3) is 0 Å². The van der Waals surface area contributed by atoms with Crippen LogP contribution in [0, 0.1) is 0 Å². The maximum Gasteiger partial charge on any atom is 0.271 e. The average molecular weight is 397 g/mol.